The Morgan fingerprint density at radius 2 is 2.00 bits per heavy atom. The highest BCUT2D eigenvalue weighted by atomic mass is 79.9. The van der Waals surface area contributed by atoms with E-state index in [0.29, 0.717) is 27.1 Å². The number of halogens is 2. The van der Waals surface area contributed by atoms with E-state index in [1.807, 2.05) is 12.1 Å². The van der Waals surface area contributed by atoms with Crippen LogP contribution in [0.3, 0.4) is 0 Å². The van der Waals surface area contributed by atoms with Crippen molar-refractivity contribution in [3.05, 3.63) is 66.9 Å². The van der Waals surface area contributed by atoms with E-state index in [9.17, 15) is 9.59 Å². The van der Waals surface area contributed by atoms with Crippen molar-refractivity contribution in [2.24, 2.45) is 14.1 Å². The highest BCUT2D eigenvalue weighted by Crippen LogP contribution is 2.25. The number of aromatic nitrogens is 5. The van der Waals surface area contributed by atoms with Crippen molar-refractivity contribution in [1.82, 2.24) is 23.7 Å². The minimum atomic E-state index is -0.459. The van der Waals surface area contributed by atoms with Crippen molar-refractivity contribution in [3.8, 4) is 11.3 Å². The SMILES string of the molecule is Cn1c(=O)c2nc(Br)n(Cc3ncc(-c4cccc(Cl)c4)o3)c2n(C)c1=O. The summed E-state index contributed by atoms with van der Waals surface area (Å²) in [7, 11) is 3.00. The van der Waals surface area contributed by atoms with Gasteiger partial charge in [-0.2, -0.15) is 0 Å². The minimum absolute atomic E-state index is 0.188. The Balaban J connectivity index is 1.80. The summed E-state index contributed by atoms with van der Waals surface area (Å²) in [6.07, 6.45) is 1.60. The zero-order valence-electron chi connectivity index (χ0n) is 14.3. The van der Waals surface area contributed by atoms with Crippen LogP contribution >= 0.6 is 27.5 Å². The fourth-order valence-electron chi connectivity index (χ4n) is 2.90. The van der Waals surface area contributed by atoms with Gasteiger partial charge in [0.1, 0.15) is 6.54 Å². The zero-order chi connectivity index (χ0) is 19.3. The first-order valence-electron chi connectivity index (χ1n) is 7.89. The number of nitrogens with zero attached hydrogens (tertiary/aromatic N) is 5. The lowest BCUT2D eigenvalue weighted by molar-refractivity contribution is 0.487. The monoisotopic (exact) mass is 449 g/mol. The lowest BCUT2D eigenvalue weighted by Crippen LogP contribution is -2.37. The second-order valence-corrected chi connectivity index (χ2v) is 7.12. The van der Waals surface area contributed by atoms with Crippen LogP contribution in [0.5, 0.6) is 0 Å². The Kier molecular flexibility index (Phi) is 4.27. The molecule has 0 aliphatic carbocycles. The van der Waals surface area contributed by atoms with E-state index in [2.05, 4.69) is 25.9 Å². The summed E-state index contributed by atoms with van der Waals surface area (Å²) in [6.45, 7) is 0.193. The molecule has 138 valence electrons. The normalized spacial score (nSPS) is 11.4. The lowest BCUT2D eigenvalue weighted by atomic mass is 10.2. The molecule has 0 atom stereocenters. The average Bonchev–Trinajstić information content (AvgIpc) is 3.24. The molecule has 0 saturated heterocycles. The van der Waals surface area contributed by atoms with E-state index in [1.54, 1.807) is 29.9 Å². The van der Waals surface area contributed by atoms with Crippen LogP contribution in [0.25, 0.3) is 22.5 Å². The van der Waals surface area contributed by atoms with E-state index < -0.39 is 11.2 Å². The average molecular weight is 451 g/mol. The predicted octanol–water partition coefficient (Wildman–Crippen LogP) is 2.55. The van der Waals surface area contributed by atoms with E-state index in [1.165, 1.54) is 11.6 Å². The Labute approximate surface area is 165 Å². The van der Waals surface area contributed by atoms with Gasteiger partial charge in [-0.05, 0) is 28.1 Å². The number of oxazole rings is 1. The van der Waals surface area contributed by atoms with Gasteiger partial charge in [0.05, 0.1) is 6.20 Å². The second kappa shape index (κ2) is 6.50. The molecular formula is C17H13BrClN5O3. The van der Waals surface area contributed by atoms with Gasteiger partial charge in [-0.15, -0.1) is 0 Å². The number of fused-ring (bicyclic) bond motifs is 1. The van der Waals surface area contributed by atoms with Crippen molar-refractivity contribution >= 4 is 38.7 Å². The third-order valence-electron chi connectivity index (χ3n) is 4.25. The molecule has 4 rings (SSSR count). The zero-order valence-corrected chi connectivity index (χ0v) is 16.7. The van der Waals surface area contributed by atoms with Gasteiger partial charge in [0.2, 0.25) is 5.89 Å². The van der Waals surface area contributed by atoms with E-state index >= 15 is 0 Å². The third kappa shape index (κ3) is 2.92. The molecule has 0 N–H and O–H groups in total. The van der Waals surface area contributed by atoms with Gasteiger partial charge < -0.3 is 4.42 Å². The highest BCUT2D eigenvalue weighted by Gasteiger charge is 2.19. The van der Waals surface area contributed by atoms with Crippen molar-refractivity contribution in [2.75, 3.05) is 0 Å². The fraction of sp³-hybridized carbons (Fsp3) is 0.176. The van der Waals surface area contributed by atoms with Crippen molar-refractivity contribution < 1.29 is 4.42 Å². The third-order valence-corrected chi connectivity index (χ3v) is 5.09. The van der Waals surface area contributed by atoms with E-state index in [-0.39, 0.29) is 12.1 Å². The summed E-state index contributed by atoms with van der Waals surface area (Å²) < 4.78 is 10.3. The summed E-state index contributed by atoms with van der Waals surface area (Å²) in [5.41, 5.74) is 0.482. The largest absolute Gasteiger partial charge is 0.439 e. The molecule has 0 saturated carbocycles. The van der Waals surface area contributed by atoms with Crippen LogP contribution in [0.4, 0.5) is 0 Å². The van der Waals surface area contributed by atoms with Gasteiger partial charge in [-0.25, -0.2) is 14.8 Å². The molecule has 0 unspecified atom stereocenters. The lowest BCUT2D eigenvalue weighted by Gasteiger charge is -2.07. The standard InChI is InChI=1S/C17H13BrClN5O3/c1-22-14-13(15(25)23(2)17(22)26)21-16(18)24(14)8-12-20-7-11(27-12)9-4-3-5-10(19)6-9/h3-7H,8H2,1-2H3. The van der Waals surface area contributed by atoms with Gasteiger partial charge in [0.15, 0.2) is 21.7 Å². The first kappa shape index (κ1) is 17.7. The second-order valence-electron chi connectivity index (χ2n) is 5.97. The summed E-state index contributed by atoms with van der Waals surface area (Å²) >= 11 is 9.37. The molecule has 3 aromatic heterocycles. The van der Waals surface area contributed by atoms with Crippen LogP contribution < -0.4 is 11.2 Å². The van der Waals surface area contributed by atoms with Crippen molar-refractivity contribution in [1.29, 1.82) is 0 Å². The predicted molar refractivity (Wildman–Crippen MR) is 104 cm³/mol. The topological polar surface area (TPSA) is 87.8 Å². The molecule has 0 spiro atoms. The number of aryl methyl sites for hydroxylation is 1. The number of hydrogen-bond acceptors (Lipinski definition) is 5. The molecule has 0 fully saturated rings. The van der Waals surface area contributed by atoms with Crippen LogP contribution in [0, 0.1) is 0 Å². The first-order valence-corrected chi connectivity index (χ1v) is 9.06. The molecule has 0 amide bonds. The molecule has 0 radical (unpaired) electrons. The van der Waals surface area contributed by atoms with Gasteiger partial charge in [0.25, 0.3) is 5.56 Å². The van der Waals surface area contributed by atoms with Crippen LogP contribution in [0.2, 0.25) is 5.02 Å². The first-order chi connectivity index (χ1) is 12.9. The number of hydrogen-bond donors (Lipinski definition) is 0. The number of rotatable bonds is 3. The highest BCUT2D eigenvalue weighted by molar-refractivity contribution is 9.10. The van der Waals surface area contributed by atoms with E-state index in [0.717, 1.165) is 10.1 Å². The summed E-state index contributed by atoms with van der Waals surface area (Å²) in [6, 6.07) is 7.25. The summed E-state index contributed by atoms with van der Waals surface area (Å²) in [5, 5.41) is 0.597. The minimum Gasteiger partial charge on any atom is -0.439 e. The molecule has 1 aromatic carbocycles. The van der Waals surface area contributed by atoms with Crippen LogP contribution in [-0.2, 0) is 20.6 Å². The molecule has 27 heavy (non-hydrogen) atoms. The Morgan fingerprint density at radius 1 is 1.22 bits per heavy atom. The molecule has 4 aromatic rings. The molecule has 3 heterocycles. The summed E-state index contributed by atoms with van der Waals surface area (Å²) in [4.78, 5) is 33.1. The van der Waals surface area contributed by atoms with Gasteiger partial charge >= 0.3 is 5.69 Å². The molecule has 8 nitrogen and oxygen atoms in total. The van der Waals surface area contributed by atoms with Crippen molar-refractivity contribution in [3.63, 3.8) is 0 Å². The quantitative estimate of drug-likeness (QED) is 0.448. The van der Waals surface area contributed by atoms with Crippen LogP contribution in [-0.4, -0.2) is 23.7 Å². The van der Waals surface area contributed by atoms with Gasteiger partial charge in [-0.3, -0.25) is 18.5 Å². The van der Waals surface area contributed by atoms with Gasteiger partial charge in [-0.1, -0.05) is 23.7 Å². The smallest absolute Gasteiger partial charge is 0.332 e. The van der Waals surface area contributed by atoms with Crippen LogP contribution in [0.15, 0.2) is 49.2 Å². The molecule has 0 aliphatic heterocycles. The maximum atomic E-state index is 12.3. The molecule has 0 bridgehead atoms. The van der Waals surface area contributed by atoms with Crippen molar-refractivity contribution in [2.45, 2.75) is 6.54 Å². The Bertz CT molecular complexity index is 1300. The fourth-order valence-corrected chi connectivity index (χ4v) is 3.56. The maximum absolute atomic E-state index is 12.3. The van der Waals surface area contributed by atoms with E-state index in [4.69, 9.17) is 16.0 Å². The number of imidazole rings is 1. The Morgan fingerprint density at radius 3 is 2.74 bits per heavy atom. The maximum Gasteiger partial charge on any atom is 0.332 e. The summed E-state index contributed by atoms with van der Waals surface area (Å²) in [5.74, 6) is 0.968. The van der Waals surface area contributed by atoms with Crippen LogP contribution in [0.1, 0.15) is 5.89 Å². The Hall–Kier alpha value is -2.65. The number of benzene rings is 1. The molecule has 10 heteroatoms. The molecule has 0 aliphatic rings. The van der Waals surface area contributed by atoms with Gasteiger partial charge in [0, 0.05) is 24.7 Å². The molecular weight excluding hydrogens is 438 g/mol.